The summed E-state index contributed by atoms with van der Waals surface area (Å²) in [6.07, 6.45) is 3.23. The summed E-state index contributed by atoms with van der Waals surface area (Å²) in [5.74, 6) is 0.984. The third-order valence-electron chi connectivity index (χ3n) is 3.48. The van der Waals surface area contributed by atoms with Gasteiger partial charge in [-0.05, 0) is 25.0 Å². The summed E-state index contributed by atoms with van der Waals surface area (Å²) in [5, 5.41) is 3.94. The first-order valence-corrected chi connectivity index (χ1v) is 6.29. The summed E-state index contributed by atoms with van der Waals surface area (Å²) in [5.41, 5.74) is 6.40. The fourth-order valence-electron chi connectivity index (χ4n) is 2.43. The first-order chi connectivity index (χ1) is 9.24. The van der Waals surface area contributed by atoms with Crippen molar-refractivity contribution in [2.75, 3.05) is 18.8 Å². The van der Waals surface area contributed by atoms with E-state index in [0.717, 1.165) is 18.5 Å². The van der Waals surface area contributed by atoms with Gasteiger partial charge in [-0.2, -0.15) is 0 Å². The average molecular weight is 261 g/mol. The minimum atomic E-state index is -0.0527. The number of aromatic nitrogens is 1. The standard InChI is InChI=1S/C13H15N3O3/c14-12-8-10(15-19-12)9-3-5-16(6-4-9)13(17)11-2-1-7-18-11/h1-2,7-9H,3-6,14H2. The number of carbonyl (C=O) groups is 1. The van der Waals surface area contributed by atoms with Crippen molar-refractivity contribution >= 4 is 11.8 Å². The SMILES string of the molecule is Nc1cc(C2CCN(C(=O)c3ccco3)CC2)no1. The predicted octanol–water partition coefficient (Wildman–Crippen LogP) is 1.87. The second kappa shape index (κ2) is 4.79. The molecule has 0 aromatic carbocycles. The zero-order valence-corrected chi connectivity index (χ0v) is 10.4. The molecule has 2 N–H and O–H groups in total. The highest BCUT2D eigenvalue weighted by Crippen LogP contribution is 2.28. The van der Waals surface area contributed by atoms with E-state index in [9.17, 15) is 4.79 Å². The molecule has 6 nitrogen and oxygen atoms in total. The second-order valence-electron chi connectivity index (χ2n) is 4.70. The van der Waals surface area contributed by atoms with Crippen molar-refractivity contribution in [1.29, 1.82) is 0 Å². The van der Waals surface area contributed by atoms with Crippen molar-refractivity contribution in [2.24, 2.45) is 0 Å². The fraction of sp³-hybridized carbons (Fsp3) is 0.385. The Kier molecular flexibility index (Phi) is 2.98. The molecule has 0 radical (unpaired) electrons. The largest absolute Gasteiger partial charge is 0.459 e. The Balaban J connectivity index is 1.62. The third kappa shape index (κ3) is 2.33. The molecule has 1 aliphatic rings. The van der Waals surface area contributed by atoms with Crippen LogP contribution >= 0.6 is 0 Å². The maximum atomic E-state index is 12.1. The van der Waals surface area contributed by atoms with Gasteiger partial charge < -0.3 is 19.6 Å². The van der Waals surface area contributed by atoms with Gasteiger partial charge in [-0.1, -0.05) is 5.16 Å². The summed E-state index contributed by atoms with van der Waals surface area (Å²) in [7, 11) is 0. The third-order valence-corrected chi connectivity index (χ3v) is 3.48. The van der Waals surface area contributed by atoms with Crippen molar-refractivity contribution in [3.05, 3.63) is 35.9 Å². The highest BCUT2D eigenvalue weighted by atomic mass is 16.5. The molecule has 0 unspecified atom stereocenters. The zero-order chi connectivity index (χ0) is 13.2. The van der Waals surface area contributed by atoms with Crippen molar-refractivity contribution in [2.45, 2.75) is 18.8 Å². The van der Waals surface area contributed by atoms with Gasteiger partial charge >= 0.3 is 0 Å². The van der Waals surface area contributed by atoms with Crippen molar-refractivity contribution in [3.63, 3.8) is 0 Å². The molecule has 1 fully saturated rings. The summed E-state index contributed by atoms with van der Waals surface area (Å²) in [6.45, 7) is 1.38. The van der Waals surface area contributed by atoms with Crippen LogP contribution in [-0.4, -0.2) is 29.1 Å². The Morgan fingerprint density at radius 2 is 2.21 bits per heavy atom. The number of rotatable bonds is 2. The first kappa shape index (κ1) is 11.8. The number of nitrogen functional groups attached to an aromatic ring is 1. The van der Waals surface area contributed by atoms with Gasteiger partial charge in [0, 0.05) is 25.1 Å². The molecule has 1 saturated heterocycles. The number of likely N-dealkylation sites (tertiary alicyclic amines) is 1. The molecule has 1 amide bonds. The van der Waals surface area contributed by atoms with Gasteiger partial charge in [-0.25, -0.2) is 0 Å². The molecule has 1 aliphatic heterocycles. The van der Waals surface area contributed by atoms with Crippen LogP contribution in [0.5, 0.6) is 0 Å². The van der Waals surface area contributed by atoms with E-state index in [1.54, 1.807) is 23.1 Å². The van der Waals surface area contributed by atoms with Crippen LogP contribution in [0.3, 0.4) is 0 Å². The zero-order valence-electron chi connectivity index (χ0n) is 10.4. The molecular weight excluding hydrogens is 246 g/mol. The van der Waals surface area contributed by atoms with Gasteiger partial charge in [-0.15, -0.1) is 0 Å². The normalized spacial score (nSPS) is 16.7. The lowest BCUT2D eigenvalue weighted by Crippen LogP contribution is -2.37. The number of hydrogen-bond donors (Lipinski definition) is 1. The van der Waals surface area contributed by atoms with Gasteiger partial charge in [-0.3, -0.25) is 4.79 Å². The van der Waals surface area contributed by atoms with Crippen LogP contribution in [0, 0.1) is 0 Å². The molecule has 0 spiro atoms. The van der Waals surface area contributed by atoms with Crippen LogP contribution in [0.1, 0.15) is 35.0 Å². The smallest absolute Gasteiger partial charge is 0.289 e. The Morgan fingerprint density at radius 3 is 2.79 bits per heavy atom. The van der Waals surface area contributed by atoms with Crippen LogP contribution in [0.15, 0.2) is 33.4 Å². The number of piperidine rings is 1. The fourth-order valence-corrected chi connectivity index (χ4v) is 2.43. The van der Waals surface area contributed by atoms with Crippen LogP contribution in [0.25, 0.3) is 0 Å². The van der Waals surface area contributed by atoms with E-state index in [-0.39, 0.29) is 5.91 Å². The quantitative estimate of drug-likeness (QED) is 0.891. The number of nitrogens with two attached hydrogens (primary N) is 1. The van der Waals surface area contributed by atoms with Gasteiger partial charge in [0.05, 0.1) is 12.0 Å². The number of furan rings is 1. The number of nitrogens with zero attached hydrogens (tertiary/aromatic N) is 2. The van der Waals surface area contributed by atoms with E-state index >= 15 is 0 Å². The number of hydrogen-bond acceptors (Lipinski definition) is 5. The number of amides is 1. The van der Waals surface area contributed by atoms with E-state index < -0.39 is 0 Å². The summed E-state index contributed by atoms with van der Waals surface area (Å²) < 4.78 is 10.0. The second-order valence-corrected chi connectivity index (χ2v) is 4.70. The van der Waals surface area contributed by atoms with E-state index in [4.69, 9.17) is 14.7 Å². The van der Waals surface area contributed by atoms with Gasteiger partial charge in [0.1, 0.15) is 0 Å². The lowest BCUT2D eigenvalue weighted by atomic mass is 9.93. The van der Waals surface area contributed by atoms with Crippen molar-refractivity contribution in [3.8, 4) is 0 Å². The Bertz CT molecular complexity index is 553. The molecule has 0 atom stereocenters. The minimum Gasteiger partial charge on any atom is -0.459 e. The van der Waals surface area contributed by atoms with E-state index in [0.29, 0.717) is 30.7 Å². The van der Waals surface area contributed by atoms with Crippen LogP contribution in [0.2, 0.25) is 0 Å². The number of carbonyl (C=O) groups excluding carboxylic acids is 1. The molecule has 0 saturated carbocycles. The maximum absolute atomic E-state index is 12.1. The van der Waals surface area contributed by atoms with E-state index in [2.05, 4.69) is 5.16 Å². The monoisotopic (exact) mass is 261 g/mol. The van der Waals surface area contributed by atoms with Gasteiger partial charge in [0.2, 0.25) is 5.88 Å². The molecule has 0 aliphatic carbocycles. The average Bonchev–Trinajstić information content (AvgIpc) is 3.09. The maximum Gasteiger partial charge on any atom is 0.289 e. The van der Waals surface area contributed by atoms with Crippen molar-refractivity contribution < 1.29 is 13.7 Å². The summed E-state index contributed by atoms with van der Waals surface area (Å²) in [6, 6.07) is 5.17. The molecule has 3 rings (SSSR count). The Labute approximate surface area is 110 Å². The molecule has 19 heavy (non-hydrogen) atoms. The topological polar surface area (TPSA) is 85.5 Å². The van der Waals surface area contributed by atoms with Gasteiger partial charge in [0.25, 0.3) is 5.91 Å². The van der Waals surface area contributed by atoms with Gasteiger partial charge in [0.15, 0.2) is 5.76 Å². The first-order valence-electron chi connectivity index (χ1n) is 6.29. The van der Waals surface area contributed by atoms with E-state index in [1.807, 2.05) is 0 Å². The molecule has 2 aromatic rings. The Morgan fingerprint density at radius 1 is 1.42 bits per heavy atom. The summed E-state index contributed by atoms with van der Waals surface area (Å²) >= 11 is 0. The van der Waals surface area contributed by atoms with Crippen LogP contribution in [-0.2, 0) is 0 Å². The highest BCUT2D eigenvalue weighted by molar-refractivity contribution is 5.91. The molecule has 0 bridgehead atoms. The number of anilines is 1. The lowest BCUT2D eigenvalue weighted by molar-refractivity contribution is 0.0679. The minimum absolute atomic E-state index is 0.0527. The lowest BCUT2D eigenvalue weighted by Gasteiger charge is -2.30. The van der Waals surface area contributed by atoms with Crippen molar-refractivity contribution in [1.82, 2.24) is 10.1 Å². The highest BCUT2D eigenvalue weighted by Gasteiger charge is 2.27. The molecule has 2 aromatic heterocycles. The Hall–Kier alpha value is -2.24. The molecule has 100 valence electrons. The van der Waals surface area contributed by atoms with Crippen LogP contribution in [0.4, 0.5) is 5.88 Å². The van der Waals surface area contributed by atoms with Crippen LogP contribution < -0.4 is 5.73 Å². The molecule has 6 heteroatoms. The molecular formula is C13H15N3O3. The van der Waals surface area contributed by atoms with E-state index in [1.165, 1.54) is 6.26 Å². The molecule has 3 heterocycles. The predicted molar refractivity (Wildman–Crippen MR) is 67.5 cm³/mol. The summed E-state index contributed by atoms with van der Waals surface area (Å²) in [4.78, 5) is 13.9.